The SMILES string of the molecule is CC(C)(C)OC(=O)N1CCC[C@@H]([S@](=O)c2nc3ccccc3s2)C1. The number of rotatable bonds is 2. The number of amides is 1. The highest BCUT2D eigenvalue weighted by atomic mass is 32.2. The highest BCUT2D eigenvalue weighted by Gasteiger charge is 2.31. The Bertz CT molecular complexity index is 734. The number of nitrogens with zero attached hydrogens (tertiary/aromatic N) is 2. The summed E-state index contributed by atoms with van der Waals surface area (Å²) >= 11 is 1.47. The minimum Gasteiger partial charge on any atom is -0.444 e. The van der Waals surface area contributed by atoms with Crippen molar-refractivity contribution in [1.29, 1.82) is 0 Å². The van der Waals surface area contributed by atoms with Crippen molar-refractivity contribution < 1.29 is 13.7 Å². The molecular formula is C17H22N2O3S2. The average Bonchev–Trinajstić information content (AvgIpc) is 2.96. The first-order valence-electron chi connectivity index (χ1n) is 8.07. The van der Waals surface area contributed by atoms with E-state index >= 15 is 0 Å². The van der Waals surface area contributed by atoms with Crippen LogP contribution in [0.25, 0.3) is 10.2 Å². The van der Waals surface area contributed by atoms with E-state index in [2.05, 4.69) is 4.98 Å². The number of piperidine rings is 1. The quantitative estimate of drug-likeness (QED) is 0.811. The molecule has 2 atom stereocenters. The molecule has 1 amide bonds. The Kier molecular flexibility index (Phi) is 4.92. The maximum absolute atomic E-state index is 12.9. The van der Waals surface area contributed by atoms with Crippen molar-refractivity contribution in [2.75, 3.05) is 13.1 Å². The lowest BCUT2D eigenvalue weighted by molar-refractivity contribution is 0.0219. The summed E-state index contributed by atoms with van der Waals surface area (Å²) in [6.45, 7) is 6.67. The van der Waals surface area contributed by atoms with Crippen LogP contribution in [0, 0.1) is 0 Å². The lowest BCUT2D eigenvalue weighted by Gasteiger charge is -2.33. The number of para-hydroxylation sites is 1. The van der Waals surface area contributed by atoms with E-state index in [0.29, 0.717) is 17.4 Å². The van der Waals surface area contributed by atoms with Gasteiger partial charge >= 0.3 is 6.09 Å². The second-order valence-electron chi connectivity index (χ2n) is 6.94. The van der Waals surface area contributed by atoms with Gasteiger partial charge in [-0.1, -0.05) is 12.1 Å². The summed E-state index contributed by atoms with van der Waals surface area (Å²) in [4.78, 5) is 18.4. The molecule has 0 saturated carbocycles. The molecule has 7 heteroatoms. The molecule has 0 unspecified atom stereocenters. The zero-order valence-electron chi connectivity index (χ0n) is 14.2. The van der Waals surface area contributed by atoms with Gasteiger partial charge in [0.25, 0.3) is 0 Å². The maximum atomic E-state index is 12.9. The van der Waals surface area contributed by atoms with E-state index in [0.717, 1.165) is 23.1 Å². The van der Waals surface area contributed by atoms with E-state index in [4.69, 9.17) is 4.74 Å². The lowest BCUT2D eigenvalue weighted by atomic mass is 10.1. The van der Waals surface area contributed by atoms with Crippen molar-refractivity contribution in [3.8, 4) is 0 Å². The molecule has 0 bridgehead atoms. The molecule has 2 aromatic rings. The van der Waals surface area contributed by atoms with Gasteiger partial charge in [-0.05, 0) is 45.7 Å². The number of carbonyl (C=O) groups is 1. The van der Waals surface area contributed by atoms with Gasteiger partial charge in [0, 0.05) is 13.1 Å². The van der Waals surface area contributed by atoms with Gasteiger partial charge in [-0.25, -0.2) is 9.78 Å². The van der Waals surface area contributed by atoms with Crippen LogP contribution in [-0.2, 0) is 15.5 Å². The van der Waals surface area contributed by atoms with Crippen LogP contribution in [0.5, 0.6) is 0 Å². The standard InChI is InChI=1S/C17H22N2O3S2/c1-17(2,3)22-16(20)19-10-6-7-12(11-19)24(21)15-18-13-8-4-5-9-14(13)23-15/h4-5,8-9,12H,6-7,10-11H2,1-3H3/t12-,24+/m1/s1. The molecular weight excluding hydrogens is 344 g/mol. The van der Waals surface area contributed by atoms with Crippen molar-refractivity contribution in [2.45, 2.75) is 48.8 Å². The third-order valence-electron chi connectivity index (χ3n) is 3.78. The van der Waals surface area contributed by atoms with Crippen molar-refractivity contribution in [3.63, 3.8) is 0 Å². The highest BCUT2D eigenvalue weighted by Crippen LogP contribution is 2.28. The maximum Gasteiger partial charge on any atom is 0.410 e. The average molecular weight is 367 g/mol. The van der Waals surface area contributed by atoms with Gasteiger partial charge in [0.05, 0.1) is 26.3 Å². The topological polar surface area (TPSA) is 59.5 Å². The Morgan fingerprint density at radius 2 is 2.12 bits per heavy atom. The van der Waals surface area contributed by atoms with E-state index in [1.54, 1.807) is 4.90 Å². The van der Waals surface area contributed by atoms with Gasteiger partial charge in [0.15, 0.2) is 4.34 Å². The predicted octanol–water partition coefficient (Wildman–Crippen LogP) is 3.80. The minimum atomic E-state index is -1.20. The van der Waals surface area contributed by atoms with Crippen LogP contribution in [0.1, 0.15) is 33.6 Å². The molecule has 3 rings (SSSR count). The van der Waals surface area contributed by atoms with Crippen LogP contribution in [-0.4, -0.2) is 44.1 Å². The first-order chi connectivity index (χ1) is 11.3. The largest absolute Gasteiger partial charge is 0.444 e. The Labute approximate surface area is 148 Å². The highest BCUT2D eigenvalue weighted by molar-refractivity contribution is 7.88. The van der Waals surface area contributed by atoms with Crippen LogP contribution in [0.15, 0.2) is 28.6 Å². The second kappa shape index (κ2) is 6.80. The molecule has 2 heterocycles. The van der Waals surface area contributed by atoms with Crippen molar-refractivity contribution >= 4 is 38.4 Å². The van der Waals surface area contributed by atoms with Crippen LogP contribution in [0.4, 0.5) is 4.79 Å². The molecule has 24 heavy (non-hydrogen) atoms. The molecule has 0 N–H and O–H groups in total. The van der Waals surface area contributed by atoms with Crippen LogP contribution < -0.4 is 0 Å². The molecule has 0 aliphatic carbocycles. The molecule has 1 aliphatic rings. The number of likely N-dealkylation sites (tertiary alicyclic amines) is 1. The number of aromatic nitrogens is 1. The van der Waals surface area contributed by atoms with E-state index in [9.17, 15) is 9.00 Å². The zero-order chi connectivity index (χ0) is 17.3. The summed E-state index contributed by atoms with van der Waals surface area (Å²) in [6.07, 6.45) is 1.34. The van der Waals surface area contributed by atoms with Gasteiger partial charge < -0.3 is 9.64 Å². The first-order valence-corrected chi connectivity index (χ1v) is 10.1. The lowest BCUT2D eigenvalue weighted by Crippen LogP contribution is -2.45. The molecule has 0 spiro atoms. The second-order valence-corrected chi connectivity index (χ2v) is 9.87. The van der Waals surface area contributed by atoms with E-state index in [-0.39, 0.29) is 11.3 Å². The number of hydrogen-bond donors (Lipinski definition) is 0. The summed E-state index contributed by atoms with van der Waals surface area (Å²) in [5.41, 5.74) is 0.363. The summed E-state index contributed by atoms with van der Waals surface area (Å²) in [5, 5.41) is -0.0909. The predicted molar refractivity (Wildman–Crippen MR) is 96.9 cm³/mol. The Morgan fingerprint density at radius 1 is 1.38 bits per heavy atom. The number of hydrogen-bond acceptors (Lipinski definition) is 5. The fraction of sp³-hybridized carbons (Fsp3) is 0.529. The van der Waals surface area contributed by atoms with Crippen molar-refractivity contribution in [1.82, 2.24) is 9.88 Å². The molecule has 0 radical (unpaired) electrons. The Morgan fingerprint density at radius 3 is 2.83 bits per heavy atom. The van der Waals surface area contributed by atoms with Gasteiger partial charge in [-0.2, -0.15) is 0 Å². The van der Waals surface area contributed by atoms with Crippen molar-refractivity contribution in [3.05, 3.63) is 24.3 Å². The third-order valence-corrected chi connectivity index (χ3v) is 6.78. The number of benzene rings is 1. The monoisotopic (exact) mass is 366 g/mol. The van der Waals surface area contributed by atoms with Gasteiger partial charge in [0.1, 0.15) is 5.60 Å². The first kappa shape index (κ1) is 17.4. The number of fused-ring (bicyclic) bond motifs is 1. The molecule has 1 aromatic heterocycles. The smallest absolute Gasteiger partial charge is 0.410 e. The number of carbonyl (C=O) groups excluding carboxylic acids is 1. The summed E-state index contributed by atoms with van der Waals surface area (Å²) in [5.74, 6) is 0. The normalized spacial score (nSPS) is 20.1. The zero-order valence-corrected chi connectivity index (χ0v) is 15.8. The molecule has 1 fully saturated rings. The summed E-state index contributed by atoms with van der Waals surface area (Å²) < 4.78 is 20.0. The van der Waals surface area contributed by atoms with Gasteiger partial charge in [0.2, 0.25) is 0 Å². The Balaban J connectivity index is 1.72. The van der Waals surface area contributed by atoms with Crippen LogP contribution in [0.3, 0.4) is 0 Å². The number of ether oxygens (including phenoxy) is 1. The molecule has 1 aromatic carbocycles. The van der Waals surface area contributed by atoms with E-state index in [1.165, 1.54) is 11.3 Å². The molecule has 130 valence electrons. The van der Waals surface area contributed by atoms with Crippen LogP contribution in [0.2, 0.25) is 0 Å². The molecule has 1 saturated heterocycles. The van der Waals surface area contributed by atoms with Gasteiger partial charge in [-0.15, -0.1) is 11.3 Å². The summed E-state index contributed by atoms with van der Waals surface area (Å²) in [7, 11) is -1.20. The van der Waals surface area contributed by atoms with E-state index in [1.807, 2.05) is 45.0 Å². The fourth-order valence-corrected chi connectivity index (χ4v) is 5.56. The Hall–Kier alpha value is -1.47. The summed E-state index contributed by atoms with van der Waals surface area (Å²) in [6, 6.07) is 7.81. The fourth-order valence-electron chi connectivity index (χ4n) is 2.68. The van der Waals surface area contributed by atoms with Gasteiger partial charge in [-0.3, -0.25) is 4.21 Å². The minimum absolute atomic E-state index is 0.0909. The number of thiazole rings is 1. The third kappa shape index (κ3) is 3.95. The molecule has 5 nitrogen and oxygen atoms in total. The van der Waals surface area contributed by atoms with Crippen molar-refractivity contribution in [2.24, 2.45) is 0 Å². The van der Waals surface area contributed by atoms with E-state index < -0.39 is 16.4 Å². The van der Waals surface area contributed by atoms with Crippen LogP contribution >= 0.6 is 11.3 Å². The molecule has 1 aliphatic heterocycles.